The molecule has 1 aliphatic rings. The molecular formula is C21H24FNO2S. The van der Waals surface area contributed by atoms with Crippen LogP contribution in [-0.2, 0) is 0 Å². The van der Waals surface area contributed by atoms with Crippen molar-refractivity contribution in [3.8, 4) is 5.75 Å². The highest BCUT2D eigenvalue weighted by molar-refractivity contribution is 7.99. The summed E-state index contributed by atoms with van der Waals surface area (Å²) in [6.45, 7) is 5.26. The van der Waals surface area contributed by atoms with E-state index in [1.165, 1.54) is 6.07 Å². The summed E-state index contributed by atoms with van der Waals surface area (Å²) in [5.74, 6) is 1.43. The average molecular weight is 373 g/mol. The molecule has 0 aromatic heterocycles. The van der Waals surface area contributed by atoms with Crippen molar-refractivity contribution in [1.82, 2.24) is 4.90 Å². The number of ether oxygens (including phenoxy) is 1. The Morgan fingerprint density at radius 1 is 1.15 bits per heavy atom. The Morgan fingerprint density at radius 2 is 1.88 bits per heavy atom. The van der Waals surface area contributed by atoms with Crippen molar-refractivity contribution < 1.29 is 13.9 Å². The summed E-state index contributed by atoms with van der Waals surface area (Å²) in [5.41, 5.74) is 1.40. The third-order valence-corrected chi connectivity index (χ3v) is 5.66. The standard InChI is InChI=1S/C21H24FNO2S/c1-15(2)25-17-9-7-16(8-10-17)21(24)23-12-11-20(26-14-13-23)18-5-3-4-6-19(18)22/h3-10,15,20H,11-14H2,1-2H3. The van der Waals surface area contributed by atoms with E-state index in [1.54, 1.807) is 17.8 Å². The normalized spacial score (nSPS) is 17.8. The van der Waals surface area contributed by atoms with E-state index in [0.29, 0.717) is 18.7 Å². The van der Waals surface area contributed by atoms with Crippen LogP contribution in [0.2, 0.25) is 0 Å². The Bertz CT molecular complexity index is 748. The van der Waals surface area contributed by atoms with Crippen molar-refractivity contribution in [1.29, 1.82) is 0 Å². The van der Waals surface area contributed by atoms with E-state index < -0.39 is 0 Å². The zero-order chi connectivity index (χ0) is 18.5. The van der Waals surface area contributed by atoms with Crippen molar-refractivity contribution in [3.63, 3.8) is 0 Å². The second kappa shape index (κ2) is 8.58. The Labute approximate surface area is 158 Å². The molecule has 1 fully saturated rings. The number of carbonyl (C=O) groups excluding carboxylic acids is 1. The van der Waals surface area contributed by atoms with E-state index in [2.05, 4.69) is 0 Å². The fourth-order valence-corrected chi connectivity index (χ4v) is 4.34. The summed E-state index contributed by atoms with van der Waals surface area (Å²) in [6, 6.07) is 14.2. The number of hydrogen-bond donors (Lipinski definition) is 0. The second-order valence-corrected chi connectivity index (χ2v) is 7.96. The summed E-state index contributed by atoms with van der Waals surface area (Å²) in [5, 5.41) is 0.0933. The largest absolute Gasteiger partial charge is 0.491 e. The fraction of sp³-hybridized carbons (Fsp3) is 0.381. The number of amides is 1. The maximum absolute atomic E-state index is 14.0. The van der Waals surface area contributed by atoms with Gasteiger partial charge >= 0.3 is 0 Å². The van der Waals surface area contributed by atoms with Crippen LogP contribution in [0.25, 0.3) is 0 Å². The molecule has 2 aromatic carbocycles. The number of halogens is 1. The first-order valence-corrected chi connectivity index (χ1v) is 10.0. The fourth-order valence-electron chi connectivity index (χ4n) is 3.09. The van der Waals surface area contributed by atoms with Crippen LogP contribution in [0.5, 0.6) is 5.75 Å². The van der Waals surface area contributed by atoms with Crippen molar-refractivity contribution in [3.05, 3.63) is 65.5 Å². The molecule has 0 radical (unpaired) electrons. The minimum Gasteiger partial charge on any atom is -0.491 e. The Balaban J connectivity index is 1.65. The zero-order valence-electron chi connectivity index (χ0n) is 15.2. The van der Waals surface area contributed by atoms with Gasteiger partial charge in [-0.2, -0.15) is 11.8 Å². The predicted octanol–water partition coefficient (Wildman–Crippen LogP) is 4.93. The second-order valence-electron chi connectivity index (χ2n) is 6.65. The third kappa shape index (κ3) is 4.58. The minimum absolute atomic E-state index is 0.0240. The van der Waals surface area contributed by atoms with Crippen LogP contribution in [0.1, 0.15) is 41.4 Å². The molecule has 1 atom stereocenters. The van der Waals surface area contributed by atoms with E-state index >= 15 is 0 Å². The predicted molar refractivity (Wildman–Crippen MR) is 104 cm³/mol. The first-order valence-electron chi connectivity index (χ1n) is 8.96. The summed E-state index contributed by atoms with van der Waals surface area (Å²) in [4.78, 5) is 14.7. The van der Waals surface area contributed by atoms with Crippen LogP contribution in [0.3, 0.4) is 0 Å². The molecule has 1 aliphatic heterocycles. The molecule has 1 saturated heterocycles. The van der Waals surface area contributed by atoms with E-state index in [0.717, 1.165) is 23.5 Å². The van der Waals surface area contributed by atoms with Gasteiger partial charge in [0.25, 0.3) is 5.91 Å². The summed E-state index contributed by atoms with van der Waals surface area (Å²) in [7, 11) is 0. The Hall–Kier alpha value is -2.01. The SMILES string of the molecule is CC(C)Oc1ccc(C(=O)N2CCSC(c3ccccc3F)CC2)cc1. The number of rotatable bonds is 4. The third-order valence-electron chi connectivity index (χ3n) is 4.35. The highest BCUT2D eigenvalue weighted by Crippen LogP contribution is 2.35. The number of carbonyl (C=O) groups is 1. The topological polar surface area (TPSA) is 29.5 Å². The van der Waals surface area contributed by atoms with Crippen LogP contribution < -0.4 is 4.74 Å². The van der Waals surface area contributed by atoms with Gasteiger partial charge in [0, 0.05) is 35.2 Å². The number of thioether (sulfide) groups is 1. The molecule has 1 unspecified atom stereocenters. The molecule has 138 valence electrons. The maximum atomic E-state index is 14.0. The van der Waals surface area contributed by atoms with E-state index in [-0.39, 0.29) is 23.1 Å². The summed E-state index contributed by atoms with van der Waals surface area (Å²) < 4.78 is 19.7. The zero-order valence-corrected chi connectivity index (χ0v) is 16.0. The van der Waals surface area contributed by atoms with Gasteiger partial charge < -0.3 is 9.64 Å². The molecule has 2 aromatic rings. The van der Waals surface area contributed by atoms with Crippen LogP contribution in [0.4, 0.5) is 4.39 Å². The molecular weight excluding hydrogens is 349 g/mol. The molecule has 0 N–H and O–H groups in total. The number of benzene rings is 2. The highest BCUT2D eigenvalue weighted by Gasteiger charge is 2.24. The van der Waals surface area contributed by atoms with Gasteiger partial charge in [0.1, 0.15) is 11.6 Å². The van der Waals surface area contributed by atoms with Crippen LogP contribution in [-0.4, -0.2) is 35.8 Å². The van der Waals surface area contributed by atoms with Gasteiger partial charge in [-0.25, -0.2) is 4.39 Å². The van der Waals surface area contributed by atoms with Gasteiger partial charge in [-0.1, -0.05) is 18.2 Å². The van der Waals surface area contributed by atoms with E-state index in [1.807, 2.05) is 55.1 Å². The first kappa shape index (κ1) is 18.8. The lowest BCUT2D eigenvalue weighted by Crippen LogP contribution is -2.32. The lowest BCUT2D eigenvalue weighted by molar-refractivity contribution is 0.0766. The van der Waals surface area contributed by atoms with E-state index in [4.69, 9.17) is 4.74 Å². The van der Waals surface area contributed by atoms with Gasteiger partial charge in [-0.05, 0) is 50.6 Å². The van der Waals surface area contributed by atoms with Gasteiger partial charge in [0.05, 0.1) is 6.10 Å². The maximum Gasteiger partial charge on any atom is 0.253 e. The van der Waals surface area contributed by atoms with Crippen molar-refractivity contribution in [2.75, 3.05) is 18.8 Å². The lowest BCUT2D eigenvalue weighted by Gasteiger charge is -2.21. The van der Waals surface area contributed by atoms with Gasteiger partial charge in [0.2, 0.25) is 0 Å². The van der Waals surface area contributed by atoms with E-state index in [9.17, 15) is 9.18 Å². The molecule has 0 saturated carbocycles. The molecule has 3 rings (SSSR count). The van der Waals surface area contributed by atoms with Gasteiger partial charge in [-0.15, -0.1) is 0 Å². The quantitative estimate of drug-likeness (QED) is 0.761. The lowest BCUT2D eigenvalue weighted by atomic mass is 10.1. The summed E-state index contributed by atoms with van der Waals surface area (Å²) in [6.07, 6.45) is 0.862. The van der Waals surface area contributed by atoms with Crippen LogP contribution in [0, 0.1) is 5.82 Å². The molecule has 3 nitrogen and oxygen atoms in total. The molecule has 1 heterocycles. The van der Waals surface area contributed by atoms with Crippen LogP contribution in [0.15, 0.2) is 48.5 Å². The number of hydrogen-bond acceptors (Lipinski definition) is 3. The first-order chi connectivity index (χ1) is 12.5. The summed E-state index contributed by atoms with van der Waals surface area (Å²) >= 11 is 1.72. The smallest absolute Gasteiger partial charge is 0.253 e. The van der Waals surface area contributed by atoms with Gasteiger partial charge in [0.15, 0.2) is 0 Å². The number of nitrogens with zero attached hydrogens (tertiary/aromatic N) is 1. The Kier molecular flexibility index (Phi) is 6.20. The Morgan fingerprint density at radius 3 is 2.58 bits per heavy atom. The van der Waals surface area contributed by atoms with Crippen molar-refractivity contribution in [2.24, 2.45) is 0 Å². The molecule has 5 heteroatoms. The monoisotopic (exact) mass is 373 g/mol. The molecule has 0 bridgehead atoms. The highest BCUT2D eigenvalue weighted by atomic mass is 32.2. The van der Waals surface area contributed by atoms with Gasteiger partial charge in [-0.3, -0.25) is 4.79 Å². The molecule has 26 heavy (non-hydrogen) atoms. The minimum atomic E-state index is -0.162. The molecule has 1 amide bonds. The van der Waals surface area contributed by atoms with Crippen LogP contribution >= 0.6 is 11.8 Å². The molecule has 0 aliphatic carbocycles. The average Bonchev–Trinajstić information content (AvgIpc) is 2.88. The molecule has 0 spiro atoms. The van der Waals surface area contributed by atoms with Crippen molar-refractivity contribution in [2.45, 2.75) is 31.6 Å². The van der Waals surface area contributed by atoms with Crippen molar-refractivity contribution >= 4 is 17.7 Å².